The highest BCUT2D eigenvalue weighted by atomic mass is 32.1. The summed E-state index contributed by atoms with van der Waals surface area (Å²) in [7, 11) is 1.62. The molecule has 0 bridgehead atoms. The van der Waals surface area contributed by atoms with Crippen molar-refractivity contribution in [3.8, 4) is 0 Å². The van der Waals surface area contributed by atoms with Crippen LogP contribution >= 0.6 is 11.3 Å². The van der Waals surface area contributed by atoms with Crippen molar-refractivity contribution in [2.75, 3.05) is 33.4 Å². The van der Waals surface area contributed by atoms with Gasteiger partial charge in [0.15, 0.2) is 0 Å². The largest absolute Gasteiger partial charge is 0.383 e. The van der Waals surface area contributed by atoms with Gasteiger partial charge in [-0.05, 0) is 19.4 Å². The van der Waals surface area contributed by atoms with E-state index in [4.69, 9.17) is 4.74 Å². The molecule has 1 saturated heterocycles. The normalized spacial score (nSPS) is 18.5. The first kappa shape index (κ1) is 15.3. The van der Waals surface area contributed by atoms with Crippen LogP contribution in [0.1, 0.15) is 34.0 Å². The number of ether oxygens (including phenoxy) is 1. The van der Waals surface area contributed by atoms with Crippen molar-refractivity contribution in [2.45, 2.75) is 18.8 Å². The number of hydrogen-bond donors (Lipinski definition) is 2. The Bertz CT molecular complexity index is 652. The van der Waals surface area contributed by atoms with E-state index in [9.17, 15) is 4.79 Å². The molecule has 22 heavy (non-hydrogen) atoms. The zero-order valence-corrected chi connectivity index (χ0v) is 13.4. The van der Waals surface area contributed by atoms with Gasteiger partial charge < -0.3 is 15.4 Å². The van der Waals surface area contributed by atoms with Gasteiger partial charge in [0, 0.05) is 44.1 Å². The molecule has 2 aromatic rings. The van der Waals surface area contributed by atoms with E-state index in [1.165, 1.54) is 11.3 Å². The zero-order chi connectivity index (χ0) is 15.4. The predicted octanol–water partition coefficient (Wildman–Crippen LogP) is 1.53. The fourth-order valence-corrected chi connectivity index (χ4v) is 3.94. The van der Waals surface area contributed by atoms with Crippen molar-refractivity contribution in [3.63, 3.8) is 0 Å². The third kappa shape index (κ3) is 3.11. The number of thiophene rings is 1. The summed E-state index contributed by atoms with van der Waals surface area (Å²) in [6, 6.07) is 0. The van der Waals surface area contributed by atoms with Crippen molar-refractivity contribution in [1.29, 1.82) is 0 Å². The summed E-state index contributed by atoms with van der Waals surface area (Å²) in [4.78, 5) is 22.9. The lowest BCUT2D eigenvalue weighted by molar-refractivity contribution is 0.0940. The second-order valence-electron chi connectivity index (χ2n) is 5.35. The quantitative estimate of drug-likeness (QED) is 0.817. The number of hydrogen-bond acceptors (Lipinski definition) is 6. The molecule has 1 fully saturated rings. The summed E-state index contributed by atoms with van der Waals surface area (Å²) in [5.41, 5.74) is 1.92. The molecule has 3 rings (SSSR count). The lowest BCUT2D eigenvalue weighted by atomic mass is 9.91. The van der Waals surface area contributed by atoms with Gasteiger partial charge in [-0.15, -0.1) is 11.3 Å². The van der Waals surface area contributed by atoms with Crippen LogP contribution in [0.5, 0.6) is 0 Å². The maximum Gasteiger partial charge on any atom is 0.261 e. The third-order valence-corrected chi connectivity index (χ3v) is 4.97. The third-order valence-electron chi connectivity index (χ3n) is 3.87. The second-order valence-corrected chi connectivity index (χ2v) is 6.35. The second kappa shape index (κ2) is 7.13. The van der Waals surface area contributed by atoms with Gasteiger partial charge in [-0.25, -0.2) is 4.98 Å². The van der Waals surface area contributed by atoms with Crippen LogP contribution in [-0.2, 0) is 4.74 Å². The topological polar surface area (TPSA) is 76.1 Å². The molecule has 2 aromatic heterocycles. The summed E-state index contributed by atoms with van der Waals surface area (Å²) in [6.45, 7) is 2.95. The summed E-state index contributed by atoms with van der Waals surface area (Å²) in [5, 5.41) is 6.32. The Morgan fingerprint density at radius 2 is 2.36 bits per heavy atom. The first-order valence-electron chi connectivity index (χ1n) is 7.52. The highest BCUT2D eigenvalue weighted by Crippen LogP contribution is 2.36. The van der Waals surface area contributed by atoms with Gasteiger partial charge in [0.1, 0.15) is 10.3 Å². The average Bonchev–Trinajstić information content (AvgIpc) is 2.95. The van der Waals surface area contributed by atoms with Crippen LogP contribution in [0.2, 0.25) is 0 Å². The van der Waals surface area contributed by atoms with E-state index >= 15 is 0 Å². The van der Waals surface area contributed by atoms with Crippen LogP contribution in [-0.4, -0.2) is 49.2 Å². The maximum atomic E-state index is 12.5. The highest BCUT2D eigenvalue weighted by Gasteiger charge is 2.27. The predicted molar refractivity (Wildman–Crippen MR) is 86.5 cm³/mol. The number of carbonyl (C=O) groups excluding carboxylic acids is 1. The van der Waals surface area contributed by atoms with Crippen molar-refractivity contribution < 1.29 is 9.53 Å². The maximum absolute atomic E-state index is 12.5. The Balaban J connectivity index is 1.95. The fraction of sp³-hybridized carbons (Fsp3) is 0.533. The van der Waals surface area contributed by atoms with E-state index in [0.29, 0.717) is 19.1 Å². The molecular formula is C15H20N4O2S. The monoisotopic (exact) mass is 320 g/mol. The van der Waals surface area contributed by atoms with Gasteiger partial charge in [0.05, 0.1) is 11.5 Å². The summed E-state index contributed by atoms with van der Waals surface area (Å²) in [5.74, 6) is 0.268. The number of nitrogens with zero attached hydrogens (tertiary/aromatic N) is 2. The Hall–Kier alpha value is -1.57. The number of fused-ring (bicyclic) bond motifs is 1. The van der Waals surface area contributed by atoms with Crippen LogP contribution < -0.4 is 10.6 Å². The SMILES string of the molecule is COCCNC(=O)c1sc2nccnc2c1[C@H]1CCCNC1. The minimum absolute atomic E-state index is 0.0533. The molecule has 6 nitrogen and oxygen atoms in total. The van der Waals surface area contributed by atoms with Crippen molar-refractivity contribution in [2.24, 2.45) is 0 Å². The Labute approximate surface area is 133 Å². The highest BCUT2D eigenvalue weighted by molar-refractivity contribution is 7.20. The lowest BCUT2D eigenvalue weighted by Gasteiger charge is -2.23. The fourth-order valence-electron chi connectivity index (χ4n) is 2.84. The van der Waals surface area contributed by atoms with Crippen molar-refractivity contribution >= 4 is 27.6 Å². The molecule has 7 heteroatoms. The van der Waals surface area contributed by atoms with Crippen LogP contribution in [0.25, 0.3) is 10.3 Å². The van der Waals surface area contributed by atoms with E-state index < -0.39 is 0 Å². The molecule has 0 radical (unpaired) electrons. The smallest absolute Gasteiger partial charge is 0.261 e. The van der Waals surface area contributed by atoms with Crippen molar-refractivity contribution in [1.82, 2.24) is 20.6 Å². The first-order valence-corrected chi connectivity index (χ1v) is 8.34. The van der Waals surface area contributed by atoms with Gasteiger partial charge in [0.25, 0.3) is 5.91 Å². The van der Waals surface area contributed by atoms with Crippen LogP contribution in [0.4, 0.5) is 0 Å². The Morgan fingerprint density at radius 1 is 1.50 bits per heavy atom. The van der Waals surface area contributed by atoms with E-state index in [-0.39, 0.29) is 5.91 Å². The van der Waals surface area contributed by atoms with Gasteiger partial charge >= 0.3 is 0 Å². The number of amides is 1. The minimum atomic E-state index is -0.0533. The van der Waals surface area contributed by atoms with E-state index in [1.54, 1.807) is 19.5 Å². The molecule has 118 valence electrons. The Kier molecular flexibility index (Phi) is 4.97. The number of methoxy groups -OCH3 is 1. The van der Waals surface area contributed by atoms with E-state index in [2.05, 4.69) is 20.6 Å². The number of carbonyl (C=O) groups is 1. The molecule has 0 aliphatic carbocycles. The van der Waals surface area contributed by atoms with E-state index in [0.717, 1.165) is 46.7 Å². The van der Waals surface area contributed by atoms with Crippen molar-refractivity contribution in [3.05, 3.63) is 22.8 Å². The summed E-state index contributed by atoms with van der Waals surface area (Å²) >= 11 is 1.43. The lowest BCUT2D eigenvalue weighted by Crippen LogP contribution is -2.31. The zero-order valence-electron chi connectivity index (χ0n) is 12.6. The van der Waals surface area contributed by atoms with Gasteiger partial charge in [-0.3, -0.25) is 9.78 Å². The first-order chi connectivity index (χ1) is 10.8. The molecule has 1 aliphatic rings. The van der Waals surface area contributed by atoms with Gasteiger partial charge in [0.2, 0.25) is 0 Å². The molecule has 0 aromatic carbocycles. The summed E-state index contributed by atoms with van der Waals surface area (Å²) in [6.07, 6.45) is 5.57. The number of nitrogens with one attached hydrogen (secondary N) is 2. The average molecular weight is 320 g/mol. The van der Waals surface area contributed by atoms with E-state index in [1.807, 2.05) is 0 Å². The number of piperidine rings is 1. The molecule has 3 heterocycles. The molecular weight excluding hydrogens is 300 g/mol. The molecule has 0 unspecified atom stereocenters. The summed E-state index contributed by atoms with van der Waals surface area (Å²) < 4.78 is 4.99. The van der Waals surface area contributed by atoms with Gasteiger partial charge in [-0.1, -0.05) is 0 Å². The molecule has 1 amide bonds. The van der Waals surface area contributed by atoms with Crippen LogP contribution in [0.15, 0.2) is 12.4 Å². The minimum Gasteiger partial charge on any atom is -0.383 e. The Morgan fingerprint density at radius 3 is 3.14 bits per heavy atom. The number of rotatable bonds is 5. The van der Waals surface area contributed by atoms with Crippen LogP contribution in [0, 0.1) is 0 Å². The van der Waals surface area contributed by atoms with Crippen LogP contribution in [0.3, 0.4) is 0 Å². The standard InChI is InChI=1S/C15H20N4O2S/c1-21-8-7-18-14(20)13-11(10-3-2-4-16-9-10)12-15(22-13)19-6-5-17-12/h5-6,10,16H,2-4,7-9H2,1H3,(H,18,20)/t10-/m0/s1. The number of aromatic nitrogens is 2. The molecule has 2 N–H and O–H groups in total. The molecule has 0 spiro atoms. The van der Waals surface area contributed by atoms with Gasteiger partial charge in [-0.2, -0.15) is 0 Å². The molecule has 1 atom stereocenters. The molecule has 1 aliphatic heterocycles. The molecule has 0 saturated carbocycles.